The maximum Gasteiger partial charge on any atom is 0.167 e. The Balaban J connectivity index is 3.09. The van der Waals surface area contributed by atoms with E-state index in [2.05, 4.69) is 0 Å². The van der Waals surface area contributed by atoms with Gasteiger partial charge in [-0.05, 0) is 31.2 Å². The van der Waals surface area contributed by atoms with Crippen LogP contribution in [0.25, 0.3) is 0 Å². The number of aromatic hydroxyl groups is 1. The molecule has 0 saturated carbocycles. The van der Waals surface area contributed by atoms with Crippen molar-refractivity contribution in [1.29, 1.82) is 0 Å². The number of Topliss-reactive ketones (excluding diaryl/α,β-unsaturated/α-hetero) is 1. The van der Waals surface area contributed by atoms with Gasteiger partial charge in [-0.15, -0.1) is 0 Å². The molecule has 0 unspecified atom stereocenters. The molecule has 76 valence electrons. The van der Waals surface area contributed by atoms with Gasteiger partial charge in [0.15, 0.2) is 5.78 Å². The van der Waals surface area contributed by atoms with E-state index >= 15 is 0 Å². The van der Waals surface area contributed by atoms with Crippen LogP contribution in [0, 0.1) is 6.92 Å². The molecule has 0 amide bonds. The first-order valence-corrected chi connectivity index (χ1v) is 4.66. The molecule has 3 nitrogen and oxygen atoms in total. The quantitative estimate of drug-likeness (QED) is 0.754. The van der Waals surface area contributed by atoms with Gasteiger partial charge in [-0.1, -0.05) is 11.6 Å². The van der Waals surface area contributed by atoms with E-state index in [-0.39, 0.29) is 30.1 Å². The molecule has 0 heterocycles. The number of benzene rings is 1. The third kappa shape index (κ3) is 2.25. The van der Waals surface area contributed by atoms with Crippen molar-refractivity contribution in [3.05, 3.63) is 28.3 Å². The summed E-state index contributed by atoms with van der Waals surface area (Å²) >= 11 is 5.84. The van der Waals surface area contributed by atoms with Gasteiger partial charge in [0.25, 0.3) is 0 Å². The lowest BCUT2D eigenvalue weighted by Gasteiger charge is -2.05. The molecule has 1 aromatic rings. The summed E-state index contributed by atoms with van der Waals surface area (Å²) in [7, 11) is 0. The van der Waals surface area contributed by atoms with Crippen molar-refractivity contribution in [3.8, 4) is 5.75 Å². The van der Waals surface area contributed by atoms with Crippen molar-refractivity contribution in [1.82, 2.24) is 0 Å². The molecule has 14 heavy (non-hydrogen) atoms. The molecule has 0 radical (unpaired) electrons. The van der Waals surface area contributed by atoms with E-state index in [1.807, 2.05) is 0 Å². The molecule has 1 aromatic carbocycles. The summed E-state index contributed by atoms with van der Waals surface area (Å²) in [5, 5.41) is 9.97. The van der Waals surface area contributed by atoms with Gasteiger partial charge in [0.05, 0.1) is 5.56 Å². The molecule has 3 N–H and O–H groups in total. The van der Waals surface area contributed by atoms with E-state index < -0.39 is 0 Å². The van der Waals surface area contributed by atoms with E-state index in [0.29, 0.717) is 5.02 Å². The smallest absolute Gasteiger partial charge is 0.167 e. The zero-order chi connectivity index (χ0) is 10.7. The molecule has 0 aromatic heterocycles. The predicted octanol–water partition coefficient (Wildman–Crippen LogP) is 1.89. The molecule has 1 rings (SSSR count). The molecular formula is C10H12ClNO2. The van der Waals surface area contributed by atoms with Gasteiger partial charge in [0.1, 0.15) is 5.75 Å². The van der Waals surface area contributed by atoms with Crippen LogP contribution in [0.3, 0.4) is 0 Å². The highest BCUT2D eigenvalue weighted by Crippen LogP contribution is 2.26. The lowest BCUT2D eigenvalue weighted by atomic mass is 10.1. The van der Waals surface area contributed by atoms with Crippen LogP contribution in [-0.2, 0) is 0 Å². The number of hydrogen-bond donors (Lipinski definition) is 2. The Morgan fingerprint density at radius 1 is 1.57 bits per heavy atom. The van der Waals surface area contributed by atoms with Crippen LogP contribution in [-0.4, -0.2) is 17.4 Å². The number of rotatable bonds is 3. The van der Waals surface area contributed by atoms with Gasteiger partial charge >= 0.3 is 0 Å². The second kappa shape index (κ2) is 4.44. The predicted molar refractivity (Wildman–Crippen MR) is 55.9 cm³/mol. The first-order valence-electron chi connectivity index (χ1n) is 4.28. The minimum atomic E-state index is -0.188. The maximum atomic E-state index is 11.4. The fourth-order valence-electron chi connectivity index (χ4n) is 1.16. The largest absolute Gasteiger partial charge is 0.507 e. The van der Waals surface area contributed by atoms with Crippen LogP contribution >= 0.6 is 11.6 Å². The Hall–Kier alpha value is -1.06. The number of carbonyl (C=O) groups is 1. The van der Waals surface area contributed by atoms with Gasteiger partial charge in [-0.25, -0.2) is 0 Å². The van der Waals surface area contributed by atoms with E-state index in [1.54, 1.807) is 6.92 Å². The lowest BCUT2D eigenvalue weighted by Crippen LogP contribution is -2.08. The summed E-state index contributed by atoms with van der Waals surface area (Å²) in [6.45, 7) is 2.03. The average molecular weight is 214 g/mol. The van der Waals surface area contributed by atoms with Gasteiger partial charge in [0, 0.05) is 11.4 Å². The summed E-state index contributed by atoms with van der Waals surface area (Å²) in [6, 6.07) is 2.95. The van der Waals surface area contributed by atoms with Crippen LogP contribution in [0.2, 0.25) is 5.02 Å². The molecule has 0 aliphatic rings. The van der Waals surface area contributed by atoms with Gasteiger partial charge in [-0.2, -0.15) is 0 Å². The van der Waals surface area contributed by atoms with Crippen molar-refractivity contribution in [2.45, 2.75) is 13.3 Å². The number of phenols is 1. The van der Waals surface area contributed by atoms with Gasteiger partial charge in [0.2, 0.25) is 0 Å². The topological polar surface area (TPSA) is 63.3 Å². The molecule has 0 fully saturated rings. The number of halogens is 1. The van der Waals surface area contributed by atoms with Crippen LogP contribution in [0.5, 0.6) is 5.75 Å². The van der Waals surface area contributed by atoms with Gasteiger partial charge < -0.3 is 10.8 Å². The number of nitrogens with two attached hydrogens (primary N) is 1. The molecular weight excluding hydrogens is 202 g/mol. The fourth-order valence-corrected chi connectivity index (χ4v) is 1.32. The van der Waals surface area contributed by atoms with Crippen LogP contribution in [0.1, 0.15) is 22.3 Å². The second-order valence-corrected chi connectivity index (χ2v) is 3.49. The summed E-state index contributed by atoms with van der Waals surface area (Å²) in [4.78, 5) is 11.4. The Morgan fingerprint density at radius 2 is 2.21 bits per heavy atom. The highest BCUT2D eigenvalue weighted by Gasteiger charge is 2.12. The molecule has 0 aliphatic carbocycles. The monoisotopic (exact) mass is 213 g/mol. The Kier molecular flexibility index (Phi) is 3.49. The number of carbonyl (C=O) groups excluding carboxylic acids is 1. The molecule has 4 heteroatoms. The lowest BCUT2D eigenvalue weighted by molar-refractivity contribution is 0.0983. The number of ketones is 1. The average Bonchev–Trinajstić information content (AvgIpc) is 2.11. The number of phenolic OH excluding ortho intramolecular Hbond substituents is 1. The fraction of sp³-hybridized carbons (Fsp3) is 0.300. The summed E-state index contributed by atoms with van der Waals surface area (Å²) in [6.07, 6.45) is 0.215. The third-order valence-electron chi connectivity index (χ3n) is 1.95. The molecule has 0 saturated heterocycles. The van der Waals surface area contributed by atoms with Crippen LogP contribution in [0.4, 0.5) is 0 Å². The second-order valence-electron chi connectivity index (χ2n) is 3.08. The van der Waals surface area contributed by atoms with Crippen molar-refractivity contribution in [3.63, 3.8) is 0 Å². The maximum absolute atomic E-state index is 11.4. The number of aryl methyl sites for hydroxylation is 1. The first kappa shape index (κ1) is 11.0. The van der Waals surface area contributed by atoms with E-state index in [1.165, 1.54) is 12.1 Å². The third-order valence-corrected chi connectivity index (χ3v) is 2.36. The molecule has 0 bridgehead atoms. The summed E-state index contributed by atoms with van der Waals surface area (Å²) in [5.74, 6) is -0.225. The molecule has 0 atom stereocenters. The van der Waals surface area contributed by atoms with Crippen molar-refractivity contribution >= 4 is 17.4 Å². The summed E-state index contributed by atoms with van der Waals surface area (Å²) < 4.78 is 0. The Labute approximate surface area is 87.5 Å². The molecule has 0 aliphatic heterocycles. The highest BCUT2D eigenvalue weighted by molar-refractivity contribution is 6.31. The van der Waals surface area contributed by atoms with Crippen molar-refractivity contribution < 1.29 is 9.90 Å². The zero-order valence-electron chi connectivity index (χ0n) is 7.88. The Bertz CT molecular complexity index is 363. The normalized spacial score (nSPS) is 10.2. The van der Waals surface area contributed by atoms with Crippen molar-refractivity contribution in [2.24, 2.45) is 5.73 Å². The Morgan fingerprint density at radius 3 is 2.79 bits per heavy atom. The zero-order valence-corrected chi connectivity index (χ0v) is 8.64. The standard InChI is InChI=1S/C10H12ClNO2/c1-6-4-10(14)7(5-8(6)11)9(13)2-3-12/h4-5,14H,2-3,12H2,1H3. The van der Waals surface area contributed by atoms with Crippen LogP contribution in [0.15, 0.2) is 12.1 Å². The highest BCUT2D eigenvalue weighted by atomic mass is 35.5. The molecule has 0 spiro atoms. The SMILES string of the molecule is Cc1cc(O)c(C(=O)CCN)cc1Cl. The van der Waals surface area contributed by atoms with E-state index in [4.69, 9.17) is 17.3 Å². The van der Waals surface area contributed by atoms with E-state index in [0.717, 1.165) is 5.56 Å². The minimum absolute atomic E-state index is 0.0367. The number of hydrogen-bond acceptors (Lipinski definition) is 3. The van der Waals surface area contributed by atoms with Crippen molar-refractivity contribution in [2.75, 3.05) is 6.54 Å². The summed E-state index contributed by atoms with van der Waals surface area (Å²) in [5.41, 5.74) is 6.24. The van der Waals surface area contributed by atoms with Gasteiger partial charge in [-0.3, -0.25) is 4.79 Å². The van der Waals surface area contributed by atoms with E-state index in [9.17, 15) is 9.90 Å². The van der Waals surface area contributed by atoms with Crippen LogP contribution < -0.4 is 5.73 Å². The first-order chi connectivity index (χ1) is 6.56. The minimum Gasteiger partial charge on any atom is -0.507 e.